The highest BCUT2D eigenvalue weighted by molar-refractivity contribution is 5.79. The molecule has 1 fully saturated rings. The summed E-state index contributed by atoms with van der Waals surface area (Å²) in [5.41, 5.74) is 10.3. The van der Waals surface area contributed by atoms with Gasteiger partial charge in [-0.1, -0.05) is 78.4 Å². The van der Waals surface area contributed by atoms with Crippen molar-refractivity contribution in [3.63, 3.8) is 0 Å². The van der Waals surface area contributed by atoms with Crippen LogP contribution in [0.2, 0.25) is 0 Å². The zero-order chi connectivity index (χ0) is 23.2. The fraction of sp³-hybridized carbons (Fsp3) is 0.323. The molecule has 34 heavy (non-hydrogen) atoms. The van der Waals surface area contributed by atoms with Crippen molar-refractivity contribution in [2.45, 2.75) is 57.5 Å². The SMILES string of the molecule is Cc1ccc(C)c(C2=CC3CCCC(C2)N3C(=O)OCC2c3ccccc3-c3ccccc32)c1. The highest BCUT2D eigenvalue weighted by Crippen LogP contribution is 2.45. The first-order valence-corrected chi connectivity index (χ1v) is 12.5. The van der Waals surface area contributed by atoms with E-state index in [4.69, 9.17) is 4.74 Å². The Bertz CT molecular complexity index is 1240. The Morgan fingerprint density at radius 3 is 2.32 bits per heavy atom. The first-order valence-electron chi connectivity index (χ1n) is 12.5. The first-order chi connectivity index (χ1) is 16.6. The van der Waals surface area contributed by atoms with Gasteiger partial charge in [0.25, 0.3) is 0 Å². The van der Waals surface area contributed by atoms with E-state index in [2.05, 4.69) is 86.7 Å². The molecule has 2 heterocycles. The van der Waals surface area contributed by atoms with Crippen LogP contribution >= 0.6 is 0 Å². The van der Waals surface area contributed by atoms with Gasteiger partial charge >= 0.3 is 6.09 Å². The molecule has 0 spiro atoms. The molecular formula is C31H31NO2. The van der Waals surface area contributed by atoms with Gasteiger partial charge in [-0.05, 0) is 78.5 Å². The summed E-state index contributed by atoms with van der Waals surface area (Å²) in [6.45, 7) is 4.72. The molecule has 2 atom stereocenters. The van der Waals surface area contributed by atoms with Gasteiger partial charge in [0.15, 0.2) is 0 Å². The van der Waals surface area contributed by atoms with Gasteiger partial charge in [-0.25, -0.2) is 4.79 Å². The van der Waals surface area contributed by atoms with Crippen molar-refractivity contribution in [1.29, 1.82) is 0 Å². The Balaban J connectivity index is 1.23. The number of aryl methyl sites for hydroxylation is 2. The number of carbonyl (C=O) groups is 1. The largest absolute Gasteiger partial charge is 0.448 e. The zero-order valence-corrected chi connectivity index (χ0v) is 20.0. The summed E-state index contributed by atoms with van der Waals surface area (Å²) < 4.78 is 6.06. The van der Waals surface area contributed by atoms with Gasteiger partial charge < -0.3 is 4.74 Å². The second-order valence-electron chi connectivity index (χ2n) is 10.1. The summed E-state index contributed by atoms with van der Waals surface area (Å²) in [4.78, 5) is 15.5. The average molecular weight is 450 g/mol. The van der Waals surface area contributed by atoms with Crippen LogP contribution in [-0.4, -0.2) is 29.7 Å². The minimum atomic E-state index is -0.159. The smallest absolute Gasteiger partial charge is 0.410 e. The van der Waals surface area contributed by atoms with Crippen molar-refractivity contribution in [1.82, 2.24) is 4.90 Å². The lowest BCUT2D eigenvalue weighted by molar-refractivity contribution is 0.0539. The molecule has 2 bridgehead atoms. The van der Waals surface area contributed by atoms with Gasteiger partial charge in [-0.2, -0.15) is 0 Å². The topological polar surface area (TPSA) is 29.5 Å². The van der Waals surface area contributed by atoms with E-state index in [0.717, 1.165) is 19.3 Å². The van der Waals surface area contributed by atoms with E-state index in [1.165, 1.54) is 50.9 Å². The molecule has 3 aromatic rings. The third-order valence-electron chi connectivity index (χ3n) is 7.92. The monoisotopic (exact) mass is 449 g/mol. The van der Waals surface area contributed by atoms with Crippen LogP contribution in [0.25, 0.3) is 16.7 Å². The Kier molecular flexibility index (Phi) is 5.28. The van der Waals surface area contributed by atoms with E-state index in [9.17, 15) is 4.79 Å². The fourth-order valence-corrected chi connectivity index (χ4v) is 6.26. The molecule has 3 aliphatic rings. The number of hydrogen-bond acceptors (Lipinski definition) is 2. The molecule has 3 nitrogen and oxygen atoms in total. The Morgan fingerprint density at radius 2 is 1.62 bits per heavy atom. The third-order valence-corrected chi connectivity index (χ3v) is 7.92. The summed E-state index contributed by atoms with van der Waals surface area (Å²) in [7, 11) is 0. The maximum Gasteiger partial charge on any atom is 0.410 e. The fourth-order valence-electron chi connectivity index (χ4n) is 6.26. The van der Waals surface area contributed by atoms with Crippen molar-refractivity contribution in [2.24, 2.45) is 0 Å². The molecule has 1 aliphatic carbocycles. The number of nitrogens with zero attached hydrogens (tertiary/aromatic N) is 1. The maximum atomic E-state index is 13.4. The number of hydrogen-bond donors (Lipinski definition) is 0. The lowest BCUT2D eigenvalue weighted by Gasteiger charge is -2.44. The van der Waals surface area contributed by atoms with Crippen molar-refractivity contribution < 1.29 is 9.53 Å². The van der Waals surface area contributed by atoms with Crippen molar-refractivity contribution in [3.05, 3.63) is 101 Å². The van der Waals surface area contributed by atoms with Gasteiger partial charge in [0.2, 0.25) is 0 Å². The van der Waals surface area contributed by atoms with Crippen molar-refractivity contribution in [2.75, 3.05) is 6.61 Å². The number of fused-ring (bicyclic) bond motifs is 5. The molecule has 1 amide bonds. The lowest BCUT2D eigenvalue weighted by Crippen LogP contribution is -2.51. The molecule has 172 valence electrons. The van der Waals surface area contributed by atoms with Gasteiger partial charge in [0.05, 0.1) is 6.04 Å². The normalized spacial score (nSPS) is 21.0. The number of ether oxygens (including phenoxy) is 1. The molecule has 2 aliphatic heterocycles. The molecule has 1 saturated heterocycles. The van der Waals surface area contributed by atoms with E-state index in [1.807, 2.05) is 4.90 Å². The average Bonchev–Trinajstić information content (AvgIpc) is 3.17. The number of amides is 1. The first kappa shape index (κ1) is 21.2. The van der Waals surface area contributed by atoms with E-state index >= 15 is 0 Å². The zero-order valence-electron chi connectivity index (χ0n) is 20.0. The highest BCUT2D eigenvalue weighted by Gasteiger charge is 2.39. The Morgan fingerprint density at radius 1 is 0.912 bits per heavy atom. The van der Waals surface area contributed by atoms with Gasteiger partial charge in [-0.3, -0.25) is 4.90 Å². The van der Waals surface area contributed by atoms with Gasteiger partial charge in [0, 0.05) is 12.0 Å². The van der Waals surface area contributed by atoms with Crippen LogP contribution in [0.4, 0.5) is 4.79 Å². The predicted octanol–water partition coefficient (Wildman–Crippen LogP) is 7.26. The molecule has 2 unspecified atom stereocenters. The van der Waals surface area contributed by atoms with Gasteiger partial charge in [-0.15, -0.1) is 0 Å². The van der Waals surface area contributed by atoms with Crippen LogP contribution in [0.15, 0.2) is 72.8 Å². The minimum Gasteiger partial charge on any atom is -0.448 e. The summed E-state index contributed by atoms with van der Waals surface area (Å²) >= 11 is 0. The van der Waals surface area contributed by atoms with Crippen LogP contribution in [0.5, 0.6) is 0 Å². The quantitative estimate of drug-likeness (QED) is 0.421. The molecule has 0 aromatic heterocycles. The summed E-state index contributed by atoms with van der Waals surface area (Å²) in [6, 6.07) is 24.0. The predicted molar refractivity (Wildman–Crippen MR) is 137 cm³/mol. The van der Waals surface area contributed by atoms with Crippen molar-refractivity contribution >= 4 is 11.7 Å². The van der Waals surface area contributed by atoms with E-state index < -0.39 is 0 Å². The summed E-state index contributed by atoms with van der Waals surface area (Å²) in [5.74, 6) is 0.0991. The van der Waals surface area contributed by atoms with E-state index in [0.29, 0.717) is 6.61 Å². The summed E-state index contributed by atoms with van der Waals surface area (Å²) in [6.07, 6.45) is 6.30. The number of rotatable bonds is 3. The second-order valence-corrected chi connectivity index (χ2v) is 10.1. The molecule has 3 aromatic carbocycles. The van der Waals surface area contributed by atoms with E-state index in [1.54, 1.807) is 0 Å². The van der Waals surface area contributed by atoms with Crippen LogP contribution in [0.1, 0.15) is 59.4 Å². The molecule has 6 rings (SSSR count). The molecule has 0 saturated carbocycles. The van der Waals surface area contributed by atoms with Crippen LogP contribution in [0.3, 0.4) is 0 Å². The molecular weight excluding hydrogens is 418 g/mol. The molecule has 0 radical (unpaired) electrons. The second kappa shape index (κ2) is 8.47. The number of carbonyl (C=O) groups excluding carboxylic acids is 1. The number of benzene rings is 3. The lowest BCUT2D eigenvalue weighted by atomic mass is 9.82. The van der Waals surface area contributed by atoms with Crippen molar-refractivity contribution in [3.8, 4) is 11.1 Å². The Hall–Kier alpha value is -3.33. The maximum absolute atomic E-state index is 13.4. The molecule has 3 heteroatoms. The highest BCUT2D eigenvalue weighted by atomic mass is 16.6. The molecule has 0 N–H and O–H groups in total. The van der Waals surface area contributed by atoms with Crippen LogP contribution < -0.4 is 0 Å². The van der Waals surface area contributed by atoms with Crippen LogP contribution in [-0.2, 0) is 4.74 Å². The Labute approximate surface area is 202 Å². The van der Waals surface area contributed by atoms with Crippen LogP contribution in [0, 0.1) is 13.8 Å². The third kappa shape index (κ3) is 3.55. The number of piperidine rings is 1. The van der Waals surface area contributed by atoms with E-state index in [-0.39, 0.29) is 24.1 Å². The van der Waals surface area contributed by atoms with Gasteiger partial charge in [0.1, 0.15) is 6.61 Å². The summed E-state index contributed by atoms with van der Waals surface area (Å²) in [5, 5.41) is 0. The minimum absolute atomic E-state index is 0.0991. The standard InChI is InChI=1S/C31H31NO2/c1-20-14-15-21(2)29(16-20)22-17-23-8-7-9-24(18-22)32(23)31(33)34-19-30-27-12-5-3-10-25(27)26-11-4-6-13-28(26)30/h3-6,10-17,23-24,30H,7-9,18-19H2,1-2H3.